The number of benzene rings is 4. The Bertz CT molecular complexity index is 1650. The Kier molecular flexibility index (Phi) is 17.6. The first kappa shape index (κ1) is 48.4. The molecule has 0 radical (unpaired) electrons. The largest absolute Gasteiger partial charge is 0.327 e. The fourth-order valence-corrected chi connectivity index (χ4v) is 9.80. The Morgan fingerprint density at radius 3 is 0.898 bits per heavy atom. The molecule has 0 saturated heterocycles. The van der Waals surface area contributed by atoms with E-state index >= 15 is 0 Å². The van der Waals surface area contributed by atoms with Gasteiger partial charge in [0.2, 0.25) is 6.67 Å². The van der Waals surface area contributed by atoms with Crippen molar-refractivity contribution in [3.8, 4) is 0 Å². The summed E-state index contributed by atoms with van der Waals surface area (Å²) in [6, 6.07) is 38.2. The second kappa shape index (κ2) is 21.5. The smallest absolute Gasteiger partial charge is 0.207 e. The molecule has 0 spiro atoms. The average Bonchev–Trinajstić information content (AvgIpc) is 3.14. The molecular formula is C55H88N4+4. The van der Waals surface area contributed by atoms with E-state index in [1.165, 1.54) is 95.9 Å². The maximum Gasteiger partial charge on any atom is 0.207 e. The molecule has 4 unspecified atom stereocenters. The fraction of sp³-hybridized carbons (Fsp3) is 0.564. The summed E-state index contributed by atoms with van der Waals surface area (Å²) in [5.41, 5.74) is 11.7. The van der Waals surface area contributed by atoms with Crippen LogP contribution in [0.3, 0.4) is 0 Å². The highest BCUT2D eigenvalue weighted by Gasteiger charge is 2.28. The van der Waals surface area contributed by atoms with E-state index in [0.717, 1.165) is 50.8 Å². The van der Waals surface area contributed by atoms with Crippen LogP contribution in [0.25, 0.3) is 0 Å². The van der Waals surface area contributed by atoms with Crippen LogP contribution < -0.4 is 0 Å². The van der Waals surface area contributed by atoms with E-state index in [0.29, 0.717) is 23.7 Å². The van der Waals surface area contributed by atoms with Gasteiger partial charge in [-0.15, -0.1) is 0 Å². The molecule has 0 aromatic heterocycles. The van der Waals surface area contributed by atoms with Gasteiger partial charge in [-0.25, -0.2) is 0 Å². The van der Waals surface area contributed by atoms with Crippen molar-refractivity contribution < 1.29 is 17.9 Å². The van der Waals surface area contributed by atoms with Crippen molar-refractivity contribution in [3.63, 3.8) is 0 Å². The van der Waals surface area contributed by atoms with Crippen LogP contribution in [0.5, 0.6) is 0 Å². The highest BCUT2D eigenvalue weighted by atomic mass is 15.5. The van der Waals surface area contributed by atoms with Crippen LogP contribution in [-0.2, 0) is 26.2 Å². The van der Waals surface area contributed by atoms with Gasteiger partial charge < -0.3 is 8.97 Å². The molecule has 4 atom stereocenters. The number of rotatable bonds is 24. The van der Waals surface area contributed by atoms with E-state index in [2.05, 4.69) is 195 Å². The van der Waals surface area contributed by atoms with Crippen LogP contribution in [-0.4, -0.2) is 95.1 Å². The molecular weight excluding hydrogens is 717 g/mol. The molecule has 0 aliphatic carbocycles. The van der Waals surface area contributed by atoms with Gasteiger partial charge >= 0.3 is 0 Å². The SMILES string of the molecule is CCC(CCCC(C)c1ccc(C[N+](C)(C)C)cc1)c1ccc(C[N+](C)(C)C[N+](C)(C)Cc2ccc(C(CC)CCCC(C)c3ccc(C[N+](C)(C)C)cc3)cc2)cc1. The Morgan fingerprint density at radius 1 is 0.356 bits per heavy atom. The van der Waals surface area contributed by atoms with Crippen LogP contribution in [0.2, 0.25) is 0 Å². The summed E-state index contributed by atoms with van der Waals surface area (Å²) in [5, 5.41) is 0. The number of quaternary nitrogens is 4. The summed E-state index contributed by atoms with van der Waals surface area (Å²) in [5.74, 6) is 2.47. The molecule has 4 aromatic carbocycles. The molecule has 4 aromatic rings. The van der Waals surface area contributed by atoms with E-state index in [1.54, 1.807) is 0 Å². The monoisotopic (exact) mass is 805 g/mol. The van der Waals surface area contributed by atoms with E-state index < -0.39 is 0 Å². The van der Waals surface area contributed by atoms with Crippen molar-refractivity contribution in [2.24, 2.45) is 0 Å². The van der Waals surface area contributed by atoms with Crippen molar-refractivity contribution in [1.29, 1.82) is 0 Å². The highest BCUT2D eigenvalue weighted by Crippen LogP contribution is 2.32. The molecule has 59 heavy (non-hydrogen) atoms. The van der Waals surface area contributed by atoms with Crippen LogP contribution in [0.1, 0.15) is 147 Å². The minimum Gasteiger partial charge on any atom is -0.327 e. The molecule has 0 N–H and O–H groups in total. The number of nitrogens with zero attached hydrogens (tertiary/aromatic N) is 4. The van der Waals surface area contributed by atoms with Crippen LogP contribution >= 0.6 is 0 Å². The molecule has 0 fully saturated rings. The summed E-state index contributed by atoms with van der Waals surface area (Å²) >= 11 is 0. The van der Waals surface area contributed by atoms with Crippen molar-refractivity contribution >= 4 is 0 Å². The van der Waals surface area contributed by atoms with Gasteiger partial charge in [0.15, 0.2) is 0 Å². The van der Waals surface area contributed by atoms with Gasteiger partial charge in [-0.3, -0.25) is 8.97 Å². The lowest BCUT2D eigenvalue weighted by atomic mass is 9.87. The Morgan fingerprint density at radius 2 is 0.627 bits per heavy atom. The summed E-state index contributed by atoms with van der Waals surface area (Å²) in [4.78, 5) is 0. The van der Waals surface area contributed by atoms with Gasteiger partial charge in [0, 0.05) is 22.3 Å². The summed E-state index contributed by atoms with van der Waals surface area (Å²) < 4.78 is 3.86. The first-order chi connectivity index (χ1) is 27.6. The second-order valence-corrected chi connectivity index (χ2v) is 22.1. The van der Waals surface area contributed by atoms with Crippen molar-refractivity contribution in [2.75, 3.05) is 77.1 Å². The predicted octanol–water partition coefficient (Wildman–Crippen LogP) is 12.8. The molecule has 4 rings (SSSR count). The summed E-state index contributed by atoms with van der Waals surface area (Å²) in [6.45, 7) is 14.8. The van der Waals surface area contributed by atoms with Gasteiger partial charge in [-0.2, -0.15) is 0 Å². The molecule has 324 valence electrons. The quantitative estimate of drug-likeness (QED) is 0.0489. The third-order valence-corrected chi connectivity index (χ3v) is 12.7. The van der Waals surface area contributed by atoms with Gasteiger partial charge in [0.05, 0.1) is 70.5 Å². The lowest BCUT2D eigenvalue weighted by Gasteiger charge is -2.39. The lowest BCUT2D eigenvalue weighted by molar-refractivity contribution is -1.08. The zero-order valence-electron chi connectivity index (χ0n) is 40.5. The molecule has 0 amide bonds. The maximum absolute atomic E-state index is 2.43. The van der Waals surface area contributed by atoms with Gasteiger partial charge in [-0.05, 0) is 84.5 Å². The number of hydrogen-bond acceptors (Lipinski definition) is 0. The Labute approximate surface area is 364 Å². The highest BCUT2D eigenvalue weighted by molar-refractivity contribution is 5.28. The second-order valence-electron chi connectivity index (χ2n) is 22.1. The molecule has 0 saturated carbocycles. The van der Waals surface area contributed by atoms with Crippen molar-refractivity contribution in [2.45, 2.75) is 129 Å². The first-order valence-corrected chi connectivity index (χ1v) is 23.2. The number of hydrogen-bond donors (Lipinski definition) is 0. The minimum atomic E-state index is 0.603. The third-order valence-electron chi connectivity index (χ3n) is 12.7. The van der Waals surface area contributed by atoms with E-state index in [-0.39, 0.29) is 0 Å². The topological polar surface area (TPSA) is 0 Å². The van der Waals surface area contributed by atoms with E-state index in [4.69, 9.17) is 0 Å². The Balaban J connectivity index is 1.22. The van der Waals surface area contributed by atoms with E-state index in [9.17, 15) is 0 Å². The normalized spacial score (nSPS) is 14.9. The lowest BCUT2D eigenvalue weighted by Crippen LogP contribution is -2.54. The first-order valence-electron chi connectivity index (χ1n) is 23.2. The van der Waals surface area contributed by atoms with Gasteiger partial charge in [-0.1, -0.05) is 138 Å². The van der Waals surface area contributed by atoms with Crippen molar-refractivity contribution in [1.82, 2.24) is 0 Å². The molecule has 0 aliphatic heterocycles. The van der Waals surface area contributed by atoms with E-state index in [1.807, 2.05) is 0 Å². The Hall–Kier alpha value is -3.28. The van der Waals surface area contributed by atoms with Gasteiger partial charge in [0.25, 0.3) is 0 Å². The van der Waals surface area contributed by atoms with Gasteiger partial charge in [0.1, 0.15) is 26.2 Å². The minimum absolute atomic E-state index is 0.603. The average molecular weight is 805 g/mol. The molecule has 0 bridgehead atoms. The fourth-order valence-electron chi connectivity index (χ4n) is 9.80. The van der Waals surface area contributed by atoms with Crippen LogP contribution in [0.4, 0.5) is 0 Å². The molecule has 4 nitrogen and oxygen atoms in total. The van der Waals surface area contributed by atoms with Crippen LogP contribution in [0.15, 0.2) is 97.1 Å². The maximum atomic E-state index is 2.43. The van der Waals surface area contributed by atoms with Crippen molar-refractivity contribution in [3.05, 3.63) is 142 Å². The zero-order chi connectivity index (χ0) is 43.4. The van der Waals surface area contributed by atoms with Crippen LogP contribution in [0, 0.1) is 0 Å². The summed E-state index contributed by atoms with van der Waals surface area (Å²) in [7, 11) is 23.2. The molecule has 4 heteroatoms. The molecule has 0 heterocycles. The predicted molar refractivity (Wildman–Crippen MR) is 256 cm³/mol. The molecule has 0 aliphatic rings. The standard InChI is InChI=1S/C55H88N4/c1-15-50(21-17-19-44(3)52-31-23-46(24-32-52)39-56(5,6)7)54-35-27-48(28-36-54)41-58(11,12)43-59(13,14)42-49-29-37-55(38-30-49)51(16-2)22-18-20-45(4)53-33-25-47(26-34-53)40-57(8,9)10/h23-38,44-45,50-51H,15-22,39-43H2,1-14H3/q+4. The zero-order valence-corrected chi connectivity index (χ0v) is 40.5. The summed E-state index contributed by atoms with van der Waals surface area (Å²) in [6.07, 6.45) is 9.97. The third kappa shape index (κ3) is 17.0.